The van der Waals surface area contributed by atoms with Crippen LogP contribution in [0.2, 0.25) is 0 Å². The van der Waals surface area contributed by atoms with E-state index >= 15 is 0 Å². The van der Waals surface area contributed by atoms with Crippen LogP contribution in [0, 0.1) is 5.92 Å². The van der Waals surface area contributed by atoms with E-state index in [1.54, 1.807) is 0 Å². The number of nitrogens with two attached hydrogens (primary N) is 1. The van der Waals surface area contributed by atoms with Crippen molar-refractivity contribution in [1.82, 2.24) is 0 Å². The minimum Gasteiger partial charge on any atom is -0.397 e. The third-order valence-corrected chi connectivity index (χ3v) is 3.22. The summed E-state index contributed by atoms with van der Waals surface area (Å²) in [4.78, 5) is 0. The molecule has 2 aromatic carbocycles. The van der Waals surface area contributed by atoms with Gasteiger partial charge in [0.15, 0.2) is 0 Å². The monoisotopic (exact) mass is 254 g/mol. The fourth-order valence-electron chi connectivity index (χ4n) is 2.09. The lowest BCUT2D eigenvalue weighted by Crippen LogP contribution is -2.02. The molecular weight excluding hydrogens is 232 g/mol. The van der Waals surface area contributed by atoms with Gasteiger partial charge in [0, 0.05) is 5.69 Å². The smallest absolute Gasteiger partial charge is 0.0650 e. The predicted octanol–water partition coefficient (Wildman–Crippen LogP) is 4.60. The molecule has 0 saturated heterocycles. The molecule has 0 aliphatic carbocycles. The zero-order chi connectivity index (χ0) is 13.7. The molecule has 0 fully saturated rings. The lowest BCUT2D eigenvalue weighted by molar-refractivity contribution is 0.587. The van der Waals surface area contributed by atoms with Gasteiger partial charge < -0.3 is 11.1 Å². The van der Waals surface area contributed by atoms with Crippen LogP contribution >= 0.6 is 0 Å². The molecule has 0 aliphatic rings. The number of rotatable bonds is 5. The minimum absolute atomic E-state index is 0.700. The van der Waals surface area contributed by atoms with Gasteiger partial charge in [0.25, 0.3) is 0 Å². The maximum Gasteiger partial charge on any atom is 0.0650 e. The van der Waals surface area contributed by atoms with E-state index in [9.17, 15) is 0 Å². The first-order valence-electron chi connectivity index (χ1n) is 6.86. The molecule has 2 aromatic rings. The van der Waals surface area contributed by atoms with Gasteiger partial charge in [0.1, 0.15) is 0 Å². The summed E-state index contributed by atoms with van der Waals surface area (Å²) >= 11 is 0. The summed E-state index contributed by atoms with van der Waals surface area (Å²) in [7, 11) is 0. The van der Waals surface area contributed by atoms with Gasteiger partial charge in [0.2, 0.25) is 0 Å². The molecule has 0 unspecified atom stereocenters. The Kier molecular flexibility index (Phi) is 4.45. The molecule has 3 N–H and O–H groups in total. The third-order valence-electron chi connectivity index (χ3n) is 3.22. The van der Waals surface area contributed by atoms with E-state index in [0.717, 1.165) is 23.5 Å². The van der Waals surface area contributed by atoms with Crippen LogP contribution in [-0.2, 0) is 6.42 Å². The summed E-state index contributed by atoms with van der Waals surface area (Å²) in [5.74, 6) is 0.700. The minimum atomic E-state index is 0.700. The van der Waals surface area contributed by atoms with Crippen LogP contribution in [0.25, 0.3) is 0 Å². The second kappa shape index (κ2) is 6.28. The van der Waals surface area contributed by atoms with Gasteiger partial charge in [-0.05, 0) is 42.5 Å². The second-order valence-corrected chi connectivity index (χ2v) is 5.30. The Morgan fingerprint density at radius 2 is 1.74 bits per heavy atom. The Labute approximate surface area is 115 Å². The summed E-state index contributed by atoms with van der Waals surface area (Å²) in [6.07, 6.45) is 2.23. The van der Waals surface area contributed by atoms with E-state index in [1.807, 2.05) is 30.3 Å². The first kappa shape index (κ1) is 13.5. The van der Waals surface area contributed by atoms with E-state index < -0.39 is 0 Å². The number of nitrogen functional groups attached to an aromatic ring is 1. The fourth-order valence-corrected chi connectivity index (χ4v) is 2.09. The van der Waals surface area contributed by atoms with Gasteiger partial charge in [0.05, 0.1) is 11.4 Å². The van der Waals surface area contributed by atoms with Crippen molar-refractivity contribution < 1.29 is 0 Å². The molecule has 0 heterocycles. The van der Waals surface area contributed by atoms with Crippen LogP contribution in [0.4, 0.5) is 17.1 Å². The van der Waals surface area contributed by atoms with Crippen molar-refractivity contribution >= 4 is 17.1 Å². The van der Waals surface area contributed by atoms with E-state index in [-0.39, 0.29) is 0 Å². The Morgan fingerprint density at radius 1 is 1.00 bits per heavy atom. The third kappa shape index (κ3) is 3.75. The number of para-hydroxylation sites is 2. The van der Waals surface area contributed by atoms with Crippen molar-refractivity contribution in [1.29, 1.82) is 0 Å². The van der Waals surface area contributed by atoms with Gasteiger partial charge in [-0.2, -0.15) is 0 Å². The van der Waals surface area contributed by atoms with Crippen LogP contribution in [0.15, 0.2) is 48.5 Å². The number of benzene rings is 2. The van der Waals surface area contributed by atoms with Crippen molar-refractivity contribution in [3.8, 4) is 0 Å². The Balaban J connectivity index is 2.22. The summed E-state index contributed by atoms with van der Waals surface area (Å²) in [6, 6.07) is 16.3. The van der Waals surface area contributed by atoms with Gasteiger partial charge in [-0.15, -0.1) is 0 Å². The summed E-state index contributed by atoms with van der Waals surface area (Å²) in [5.41, 5.74) is 10.3. The van der Waals surface area contributed by atoms with E-state index in [4.69, 9.17) is 5.73 Å². The molecule has 0 aliphatic heterocycles. The molecule has 0 spiro atoms. The highest BCUT2D eigenvalue weighted by Crippen LogP contribution is 2.28. The van der Waals surface area contributed by atoms with Crippen molar-refractivity contribution in [3.05, 3.63) is 54.1 Å². The van der Waals surface area contributed by atoms with Crippen LogP contribution in [-0.4, -0.2) is 0 Å². The van der Waals surface area contributed by atoms with E-state index in [2.05, 4.69) is 37.4 Å². The first-order chi connectivity index (χ1) is 9.16. The predicted molar refractivity (Wildman–Crippen MR) is 83.7 cm³/mol. The van der Waals surface area contributed by atoms with Gasteiger partial charge in [-0.25, -0.2) is 0 Å². The maximum absolute atomic E-state index is 6.11. The number of anilines is 3. The molecule has 0 radical (unpaired) electrons. The molecule has 100 valence electrons. The van der Waals surface area contributed by atoms with Gasteiger partial charge in [-0.3, -0.25) is 0 Å². The first-order valence-corrected chi connectivity index (χ1v) is 6.86. The second-order valence-electron chi connectivity index (χ2n) is 5.30. The van der Waals surface area contributed by atoms with Gasteiger partial charge in [-0.1, -0.05) is 44.2 Å². The molecule has 19 heavy (non-hydrogen) atoms. The fraction of sp³-hybridized carbons (Fsp3) is 0.294. The molecule has 0 amide bonds. The highest BCUT2D eigenvalue weighted by molar-refractivity contribution is 5.75. The lowest BCUT2D eigenvalue weighted by atomic mass is 10.0. The maximum atomic E-state index is 6.11. The zero-order valence-corrected chi connectivity index (χ0v) is 11.7. The van der Waals surface area contributed by atoms with Crippen LogP contribution in [0.5, 0.6) is 0 Å². The number of hydrogen-bond donors (Lipinski definition) is 2. The quantitative estimate of drug-likeness (QED) is 0.765. The molecule has 0 aromatic heterocycles. The largest absolute Gasteiger partial charge is 0.397 e. The Morgan fingerprint density at radius 3 is 2.42 bits per heavy atom. The highest BCUT2D eigenvalue weighted by atomic mass is 14.9. The van der Waals surface area contributed by atoms with Crippen LogP contribution in [0.1, 0.15) is 25.8 Å². The lowest BCUT2D eigenvalue weighted by Gasteiger charge is -2.15. The normalized spacial score (nSPS) is 10.7. The Hall–Kier alpha value is -1.96. The number of aryl methyl sites for hydroxylation is 1. The van der Waals surface area contributed by atoms with E-state index in [1.165, 1.54) is 12.0 Å². The summed E-state index contributed by atoms with van der Waals surface area (Å²) < 4.78 is 0. The van der Waals surface area contributed by atoms with Crippen molar-refractivity contribution in [2.75, 3.05) is 11.1 Å². The average molecular weight is 254 g/mol. The average Bonchev–Trinajstić information content (AvgIpc) is 2.40. The van der Waals surface area contributed by atoms with Gasteiger partial charge >= 0.3 is 0 Å². The topological polar surface area (TPSA) is 38.0 Å². The van der Waals surface area contributed by atoms with Crippen molar-refractivity contribution in [2.45, 2.75) is 26.7 Å². The molecule has 0 saturated carbocycles. The SMILES string of the molecule is CC(C)CCc1cccc(N)c1Nc1ccccc1. The summed E-state index contributed by atoms with van der Waals surface area (Å²) in [6.45, 7) is 4.49. The van der Waals surface area contributed by atoms with Crippen LogP contribution < -0.4 is 11.1 Å². The molecule has 0 atom stereocenters. The summed E-state index contributed by atoms with van der Waals surface area (Å²) in [5, 5.41) is 3.44. The van der Waals surface area contributed by atoms with E-state index in [0.29, 0.717) is 5.92 Å². The Bertz CT molecular complexity index is 518. The molecule has 2 nitrogen and oxygen atoms in total. The highest BCUT2D eigenvalue weighted by Gasteiger charge is 2.07. The molecule has 0 bridgehead atoms. The molecule has 2 heteroatoms. The zero-order valence-electron chi connectivity index (χ0n) is 11.7. The van der Waals surface area contributed by atoms with Crippen LogP contribution in [0.3, 0.4) is 0 Å². The number of hydrogen-bond acceptors (Lipinski definition) is 2. The molecular formula is C17H22N2. The van der Waals surface area contributed by atoms with Crippen molar-refractivity contribution in [3.63, 3.8) is 0 Å². The van der Waals surface area contributed by atoms with Crippen molar-refractivity contribution in [2.24, 2.45) is 5.92 Å². The molecule has 2 rings (SSSR count). The number of nitrogens with one attached hydrogen (secondary N) is 1. The standard InChI is InChI=1S/C17H22N2/c1-13(2)11-12-14-7-6-10-16(18)17(14)19-15-8-4-3-5-9-15/h3-10,13,19H,11-12,18H2,1-2H3.